The van der Waals surface area contributed by atoms with Gasteiger partial charge < -0.3 is 15.2 Å². The number of guanidine groups is 1. The van der Waals surface area contributed by atoms with Gasteiger partial charge in [-0.25, -0.2) is 0 Å². The molecule has 0 unspecified atom stereocenters. The number of halogens is 1. The molecule has 5 nitrogen and oxygen atoms in total. The average Bonchev–Trinajstić information content (AvgIpc) is 3.09. The van der Waals surface area contributed by atoms with E-state index in [9.17, 15) is 0 Å². The van der Waals surface area contributed by atoms with Gasteiger partial charge in [-0.1, -0.05) is 24.3 Å². The lowest BCUT2D eigenvalue weighted by Crippen LogP contribution is -2.38. The van der Waals surface area contributed by atoms with Crippen LogP contribution in [0.1, 0.15) is 19.0 Å². The van der Waals surface area contributed by atoms with Crippen molar-refractivity contribution in [3.8, 4) is 0 Å². The first-order valence-corrected chi connectivity index (χ1v) is 9.33. The number of fused-ring (bicyclic) bond motifs is 1. The van der Waals surface area contributed by atoms with Crippen LogP contribution in [-0.2, 0) is 13.0 Å². The van der Waals surface area contributed by atoms with E-state index in [0.29, 0.717) is 0 Å². The Morgan fingerprint density at radius 1 is 1.07 bits per heavy atom. The number of benzene rings is 1. The molecule has 0 aliphatic rings. The molecule has 2 heterocycles. The third-order valence-electron chi connectivity index (χ3n) is 4.25. The molecule has 3 rings (SSSR count). The summed E-state index contributed by atoms with van der Waals surface area (Å²) in [5.74, 6) is 0.876. The first-order chi connectivity index (χ1) is 12.9. The van der Waals surface area contributed by atoms with Crippen LogP contribution in [0.5, 0.6) is 0 Å². The van der Waals surface area contributed by atoms with Crippen molar-refractivity contribution in [2.75, 3.05) is 19.6 Å². The predicted molar refractivity (Wildman–Crippen MR) is 124 cm³/mol. The zero-order chi connectivity index (χ0) is 18.0. The molecule has 0 aliphatic heterocycles. The summed E-state index contributed by atoms with van der Waals surface area (Å²) in [5.41, 5.74) is 2.38. The molecule has 0 aliphatic carbocycles. The summed E-state index contributed by atoms with van der Waals surface area (Å²) in [4.78, 5) is 9.03. The number of pyridine rings is 1. The smallest absolute Gasteiger partial charge is 0.191 e. The SMILES string of the molecule is CCNC(=NCCCn1ccc2ccccc21)NCCc1ccccn1.I. The van der Waals surface area contributed by atoms with Gasteiger partial charge in [0.05, 0.1) is 0 Å². The second-order valence-corrected chi connectivity index (χ2v) is 6.18. The molecule has 6 heteroatoms. The van der Waals surface area contributed by atoms with Crippen molar-refractivity contribution in [1.82, 2.24) is 20.2 Å². The van der Waals surface area contributed by atoms with Crippen LogP contribution in [0.4, 0.5) is 0 Å². The third kappa shape index (κ3) is 6.53. The number of nitrogens with one attached hydrogen (secondary N) is 2. The van der Waals surface area contributed by atoms with Crippen molar-refractivity contribution in [1.29, 1.82) is 0 Å². The molecule has 2 aromatic heterocycles. The Morgan fingerprint density at radius 3 is 2.74 bits per heavy atom. The molecule has 0 spiro atoms. The van der Waals surface area contributed by atoms with Gasteiger partial charge in [-0.15, -0.1) is 24.0 Å². The maximum atomic E-state index is 4.68. The number of nitrogens with zero attached hydrogens (tertiary/aromatic N) is 3. The number of aliphatic imine (C=N–C) groups is 1. The summed E-state index contributed by atoms with van der Waals surface area (Å²) in [7, 11) is 0. The number of rotatable bonds is 8. The van der Waals surface area contributed by atoms with Crippen molar-refractivity contribution in [3.63, 3.8) is 0 Å². The quantitative estimate of drug-likeness (QED) is 0.224. The van der Waals surface area contributed by atoms with E-state index in [1.54, 1.807) is 0 Å². The van der Waals surface area contributed by atoms with Crippen LogP contribution in [-0.4, -0.2) is 35.1 Å². The molecule has 144 valence electrons. The third-order valence-corrected chi connectivity index (χ3v) is 4.25. The maximum absolute atomic E-state index is 4.68. The minimum Gasteiger partial charge on any atom is -0.357 e. The monoisotopic (exact) mass is 477 g/mol. The lowest BCUT2D eigenvalue weighted by atomic mass is 10.2. The lowest BCUT2D eigenvalue weighted by molar-refractivity contribution is 0.666. The molecule has 3 aromatic rings. The summed E-state index contributed by atoms with van der Waals surface area (Å²) in [6, 6.07) is 16.7. The Hall–Kier alpha value is -2.09. The summed E-state index contributed by atoms with van der Waals surface area (Å²) >= 11 is 0. The zero-order valence-corrected chi connectivity index (χ0v) is 18.1. The van der Waals surface area contributed by atoms with E-state index in [-0.39, 0.29) is 24.0 Å². The normalized spacial score (nSPS) is 11.2. The largest absolute Gasteiger partial charge is 0.357 e. The number of para-hydroxylation sites is 1. The Bertz CT molecular complexity index is 829. The van der Waals surface area contributed by atoms with Gasteiger partial charge in [0.2, 0.25) is 0 Å². The van der Waals surface area contributed by atoms with Crippen LogP contribution in [0.3, 0.4) is 0 Å². The predicted octanol–water partition coefficient (Wildman–Crippen LogP) is 3.84. The first-order valence-electron chi connectivity index (χ1n) is 9.33. The van der Waals surface area contributed by atoms with Gasteiger partial charge in [-0.05, 0) is 43.0 Å². The minimum absolute atomic E-state index is 0. The van der Waals surface area contributed by atoms with Gasteiger partial charge >= 0.3 is 0 Å². The summed E-state index contributed by atoms with van der Waals surface area (Å²) < 4.78 is 2.30. The summed E-state index contributed by atoms with van der Waals surface area (Å²) in [5, 5.41) is 7.98. The van der Waals surface area contributed by atoms with E-state index in [2.05, 4.69) is 68.6 Å². The Morgan fingerprint density at radius 2 is 1.93 bits per heavy atom. The fourth-order valence-corrected chi connectivity index (χ4v) is 2.96. The Balaban J connectivity index is 0.00000261. The molecule has 0 atom stereocenters. The molecule has 0 fully saturated rings. The fraction of sp³-hybridized carbons (Fsp3) is 0.333. The highest BCUT2D eigenvalue weighted by Gasteiger charge is 2.01. The van der Waals surface area contributed by atoms with E-state index in [4.69, 9.17) is 0 Å². The van der Waals surface area contributed by atoms with Gasteiger partial charge in [-0.3, -0.25) is 9.98 Å². The van der Waals surface area contributed by atoms with Gasteiger partial charge in [0.15, 0.2) is 5.96 Å². The zero-order valence-electron chi connectivity index (χ0n) is 15.8. The van der Waals surface area contributed by atoms with E-state index in [0.717, 1.165) is 50.7 Å². The van der Waals surface area contributed by atoms with Crippen LogP contribution in [0.2, 0.25) is 0 Å². The molecular weight excluding hydrogens is 449 g/mol. The highest BCUT2D eigenvalue weighted by Crippen LogP contribution is 2.15. The number of aryl methyl sites for hydroxylation is 1. The maximum Gasteiger partial charge on any atom is 0.191 e. The van der Waals surface area contributed by atoms with Crippen molar-refractivity contribution >= 4 is 40.8 Å². The molecule has 0 saturated carbocycles. The van der Waals surface area contributed by atoms with Crippen LogP contribution in [0.15, 0.2) is 65.9 Å². The Labute approximate surface area is 178 Å². The van der Waals surface area contributed by atoms with Crippen LogP contribution < -0.4 is 10.6 Å². The van der Waals surface area contributed by atoms with Crippen molar-refractivity contribution < 1.29 is 0 Å². The Kier molecular flexibility index (Phi) is 9.10. The van der Waals surface area contributed by atoms with Crippen LogP contribution in [0, 0.1) is 0 Å². The molecule has 0 bridgehead atoms. The van der Waals surface area contributed by atoms with Crippen LogP contribution in [0.25, 0.3) is 10.9 Å². The van der Waals surface area contributed by atoms with Crippen molar-refractivity contribution in [2.24, 2.45) is 4.99 Å². The average molecular weight is 477 g/mol. The highest BCUT2D eigenvalue weighted by molar-refractivity contribution is 14.0. The van der Waals surface area contributed by atoms with Gasteiger partial charge in [0.1, 0.15) is 0 Å². The minimum atomic E-state index is 0. The summed E-state index contributed by atoms with van der Waals surface area (Å²) in [6.07, 6.45) is 5.89. The standard InChI is InChI=1S/C21H27N5.HI/c1-2-22-21(25-15-11-19-9-5-6-13-23-19)24-14-7-16-26-17-12-18-8-3-4-10-20(18)26;/h3-6,8-10,12-13,17H,2,7,11,14-16H2,1H3,(H2,22,24,25);1H. The lowest BCUT2D eigenvalue weighted by Gasteiger charge is -2.11. The number of aromatic nitrogens is 2. The van der Waals surface area contributed by atoms with E-state index in [1.807, 2.05) is 24.4 Å². The van der Waals surface area contributed by atoms with E-state index < -0.39 is 0 Å². The van der Waals surface area contributed by atoms with Crippen molar-refractivity contribution in [2.45, 2.75) is 26.3 Å². The van der Waals surface area contributed by atoms with Gasteiger partial charge in [0.25, 0.3) is 0 Å². The first kappa shape index (κ1) is 21.2. The second kappa shape index (κ2) is 11.6. The van der Waals surface area contributed by atoms with Crippen LogP contribution >= 0.6 is 24.0 Å². The molecule has 1 aromatic carbocycles. The molecule has 27 heavy (non-hydrogen) atoms. The fourth-order valence-electron chi connectivity index (χ4n) is 2.96. The van der Waals surface area contributed by atoms with Gasteiger partial charge in [0, 0.05) is 56.2 Å². The number of hydrogen-bond acceptors (Lipinski definition) is 2. The summed E-state index contributed by atoms with van der Waals surface area (Å²) in [6.45, 7) is 5.54. The molecular formula is C21H28IN5. The highest BCUT2D eigenvalue weighted by atomic mass is 127. The topological polar surface area (TPSA) is 54.2 Å². The molecule has 2 N–H and O–H groups in total. The van der Waals surface area contributed by atoms with Crippen molar-refractivity contribution in [3.05, 3.63) is 66.6 Å². The molecule has 0 saturated heterocycles. The van der Waals surface area contributed by atoms with Gasteiger partial charge in [-0.2, -0.15) is 0 Å². The molecule has 0 radical (unpaired) electrons. The second-order valence-electron chi connectivity index (χ2n) is 6.18. The molecule has 0 amide bonds. The van der Waals surface area contributed by atoms with E-state index >= 15 is 0 Å². The number of hydrogen-bond donors (Lipinski definition) is 2. The van der Waals surface area contributed by atoms with E-state index in [1.165, 1.54) is 10.9 Å².